The summed E-state index contributed by atoms with van der Waals surface area (Å²) in [4.78, 5) is 29.2. The van der Waals surface area contributed by atoms with E-state index in [9.17, 15) is 14.7 Å². The molecule has 1 N–H and O–H groups in total. The van der Waals surface area contributed by atoms with Crippen molar-refractivity contribution in [2.45, 2.75) is 45.6 Å². The van der Waals surface area contributed by atoms with E-state index in [2.05, 4.69) is 25.8 Å². The molecular formula is C22H24N2O3S. The highest BCUT2D eigenvalue weighted by Gasteiger charge is 2.22. The van der Waals surface area contributed by atoms with E-state index < -0.39 is 12.0 Å². The lowest BCUT2D eigenvalue weighted by Gasteiger charge is -2.18. The molecule has 146 valence electrons. The number of fused-ring (bicyclic) bond motifs is 1. The van der Waals surface area contributed by atoms with E-state index in [4.69, 9.17) is 0 Å². The standard InChI is InChI=1S/C22H24N2O3S/c1-5-16(20(26)27)24-17-8-6-7-9-18(17)28-21(24)23-19(25)14-10-12-15(13-11-14)22(2,3)4/h6-13,16H,5H2,1-4H3,(H,26,27)/b23-21-. The maximum Gasteiger partial charge on any atom is 0.326 e. The second-order valence-electron chi connectivity index (χ2n) is 7.73. The number of rotatable bonds is 4. The second-order valence-corrected chi connectivity index (χ2v) is 8.74. The van der Waals surface area contributed by atoms with Crippen LogP contribution < -0.4 is 4.80 Å². The lowest BCUT2D eigenvalue weighted by molar-refractivity contribution is -0.140. The molecule has 3 aromatic rings. The number of carboxylic acids is 1. The van der Waals surface area contributed by atoms with Gasteiger partial charge in [0.1, 0.15) is 6.04 Å². The van der Waals surface area contributed by atoms with Gasteiger partial charge in [0.25, 0.3) is 5.91 Å². The minimum atomic E-state index is -0.936. The number of hydrogen-bond acceptors (Lipinski definition) is 3. The van der Waals surface area contributed by atoms with Crippen LogP contribution in [0.15, 0.2) is 53.5 Å². The maximum atomic E-state index is 12.8. The van der Waals surface area contributed by atoms with Gasteiger partial charge >= 0.3 is 5.97 Å². The minimum Gasteiger partial charge on any atom is -0.480 e. The summed E-state index contributed by atoms with van der Waals surface area (Å²) in [5, 5.41) is 9.64. The zero-order valence-electron chi connectivity index (χ0n) is 16.5. The third kappa shape index (κ3) is 3.92. The number of carboxylic acid groups (broad SMARTS) is 1. The summed E-state index contributed by atoms with van der Waals surface area (Å²) < 4.78 is 2.56. The molecule has 1 aromatic heterocycles. The van der Waals surface area contributed by atoms with E-state index in [0.717, 1.165) is 15.8 Å². The van der Waals surface area contributed by atoms with Crippen molar-refractivity contribution < 1.29 is 14.7 Å². The van der Waals surface area contributed by atoms with Gasteiger partial charge in [0.2, 0.25) is 0 Å². The normalized spacial score (nSPS) is 13.6. The van der Waals surface area contributed by atoms with Crippen molar-refractivity contribution in [3.8, 4) is 0 Å². The molecule has 0 bridgehead atoms. The van der Waals surface area contributed by atoms with Crippen LogP contribution >= 0.6 is 11.3 Å². The number of nitrogens with zero attached hydrogens (tertiary/aromatic N) is 2. The third-order valence-corrected chi connectivity index (χ3v) is 5.75. The van der Waals surface area contributed by atoms with Crippen molar-refractivity contribution in [1.82, 2.24) is 4.57 Å². The fourth-order valence-corrected chi connectivity index (χ4v) is 4.17. The number of aromatic nitrogens is 1. The van der Waals surface area contributed by atoms with Gasteiger partial charge in [0.05, 0.1) is 10.2 Å². The SMILES string of the molecule is CCC(C(=O)O)n1/c(=N/C(=O)c2ccc(C(C)(C)C)cc2)sc2ccccc21. The molecule has 0 radical (unpaired) electrons. The second kappa shape index (κ2) is 7.72. The predicted molar refractivity (Wildman–Crippen MR) is 112 cm³/mol. The molecule has 0 fully saturated rings. The smallest absolute Gasteiger partial charge is 0.326 e. The van der Waals surface area contributed by atoms with Gasteiger partial charge in [-0.3, -0.25) is 4.79 Å². The minimum absolute atomic E-state index is 0.00303. The van der Waals surface area contributed by atoms with Crippen LogP contribution in [0.3, 0.4) is 0 Å². The molecule has 1 atom stereocenters. The number of thiazole rings is 1. The molecule has 1 unspecified atom stereocenters. The van der Waals surface area contributed by atoms with E-state index in [0.29, 0.717) is 16.8 Å². The Labute approximate surface area is 168 Å². The molecule has 0 saturated heterocycles. The van der Waals surface area contributed by atoms with Gasteiger partial charge in [0.15, 0.2) is 4.80 Å². The van der Waals surface area contributed by atoms with Crippen molar-refractivity contribution >= 4 is 33.4 Å². The molecule has 0 aliphatic rings. The van der Waals surface area contributed by atoms with Gasteiger partial charge < -0.3 is 9.67 Å². The van der Waals surface area contributed by atoms with Crippen molar-refractivity contribution in [3.05, 3.63) is 64.5 Å². The number of aliphatic carboxylic acids is 1. The van der Waals surface area contributed by atoms with Gasteiger partial charge in [-0.2, -0.15) is 4.99 Å². The Bertz CT molecular complexity index is 1090. The van der Waals surface area contributed by atoms with Crippen LogP contribution in [0.1, 0.15) is 56.1 Å². The van der Waals surface area contributed by atoms with Crippen LogP contribution in [0.4, 0.5) is 0 Å². The number of amides is 1. The third-order valence-electron chi connectivity index (χ3n) is 4.71. The number of hydrogen-bond donors (Lipinski definition) is 1. The average molecular weight is 397 g/mol. The quantitative estimate of drug-likeness (QED) is 0.690. The van der Waals surface area contributed by atoms with Crippen LogP contribution in [0.2, 0.25) is 0 Å². The van der Waals surface area contributed by atoms with Gasteiger partial charge in [-0.15, -0.1) is 0 Å². The highest BCUT2D eigenvalue weighted by Crippen LogP contribution is 2.24. The van der Waals surface area contributed by atoms with Gasteiger partial charge in [-0.05, 0) is 41.7 Å². The van der Waals surface area contributed by atoms with Crippen molar-refractivity contribution in [1.29, 1.82) is 0 Å². The zero-order valence-corrected chi connectivity index (χ0v) is 17.3. The number of carbonyl (C=O) groups excluding carboxylic acids is 1. The zero-order chi connectivity index (χ0) is 20.5. The highest BCUT2D eigenvalue weighted by atomic mass is 32.1. The maximum absolute atomic E-state index is 12.8. The van der Waals surface area contributed by atoms with Gasteiger partial charge in [-0.1, -0.05) is 63.3 Å². The van der Waals surface area contributed by atoms with E-state index in [1.54, 1.807) is 16.7 Å². The first-order chi connectivity index (χ1) is 13.2. The highest BCUT2D eigenvalue weighted by molar-refractivity contribution is 7.16. The Kier molecular flexibility index (Phi) is 5.52. The van der Waals surface area contributed by atoms with Crippen molar-refractivity contribution in [2.75, 3.05) is 0 Å². The summed E-state index contributed by atoms with van der Waals surface area (Å²) in [6, 6.07) is 14.2. The topological polar surface area (TPSA) is 71.7 Å². The summed E-state index contributed by atoms with van der Waals surface area (Å²) >= 11 is 1.33. The molecule has 1 amide bonds. The molecule has 0 spiro atoms. The van der Waals surface area contributed by atoms with E-state index in [-0.39, 0.29) is 11.3 Å². The Balaban J connectivity index is 2.11. The summed E-state index contributed by atoms with van der Waals surface area (Å²) in [5.74, 6) is -1.31. The van der Waals surface area contributed by atoms with Crippen LogP contribution in [-0.4, -0.2) is 21.6 Å². The first-order valence-corrected chi connectivity index (χ1v) is 10.1. The fourth-order valence-electron chi connectivity index (χ4n) is 3.10. The Morgan fingerprint density at radius 2 is 1.75 bits per heavy atom. The Morgan fingerprint density at radius 1 is 1.11 bits per heavy atom. The van der Waals surface area contributed by atoms with Crippen LogP contribution in [0.25, 0.3) is 10.2 Å². The molecule has 28 heavy (non-hydrogen) atoms. The monoisotopic (exact) mass is 396 g/mol. The lowest BCUT2D eigenvalue weighted by atomic mass is 9.87. The number of carbonyl (C=O) groups is 2. The van der Waals surface area contributed by atoms with Crippen molar-refractivity contribution in [2.24, 2.45) is 4.99 Å². The lowest BCUT2D eigenvalue weighted by Crippen LogP contribution is -2.27. The van der Waals surface area contributed by atoms with Crippen LogP contribution in [0, 0.1) is 0 Å². The molecular weight excluding hydrogens is 372 g/mol. The molecule has 2 aromatic carbocycles. The van der Waals surface area contributed by atoms with Gasteiger partial charge in [0, 0.05) is 5.56 Å². The first kappa shape index (κ1) is 20.0. The summed E-state index contributed by atoms with van der Waals surface area (Å²) in [6.45, 7) is 8.16. The first-order valence-electron chi connectivity index (χ1n) is 9.25. The predicted octanol–water partition coefficient (Wildman–Crippen LogP) is 4.78. The molecule has 1 heterocycles. The number of para-hydroxylation sites is 1. The largest absolute Gasteiger partial charge is 0.480 e. The summed E-state index contributed by atoms with van der Waals surface area (Å²) in [7, 11) is 0. The van der Waals surface area contributed by atoms with Crippen LogP contribution in [0.5, 0.6) is 0 Å². The molecule has 3 rings (SSSR count). The number of benzene rings is 2. The van der Waals surface area contributed by atoms with Crippen LogP contribution in [-0.2, 0) is 10.2 Å². The molecule has 0 aliphatic heterocycles. The summed E-state index contributed by atoms with van der Waals surface area (Å²) in [6.07, 6.45) is 0.401. The van der Waals surface area contributed by atoms with Crippen molar-refractivity contribution in [3.63, 3.8) is 0 Å². The summed E-state index contributed by atoms with van der Waals surface area (Å²) in [5.41, 5.74) is 2.40. The Morgan fingerprint density at radius 3 is 2.32 bits per heavy atom. The fraction of sp³-hybridized carbons (Fsp3) is 0.318. The average Bonchev–Trinajstić information content (AvgIpc) is 2.99. The molecule has 0 saturated carbocycles. The van der Waals surface area contributed by atoms with E-state index in [1.807, 2.05) is 43.3 Å². The van der Waals surface area contributed by atoms with E-state index in [1.165, 1.54) is 11.3 Å². The molecule has 5 nitrogen and oxygen atoms in total. The molecule has 0 aliphatic carbocycles. The Hall–Kier alpha value is -2.73. The van der Waals surface area contributed by atoms with Gasteiger partial charge in [-0.25, -0.2) is 4.79 Å². The molecule has 6 heteroatoms. The van der Waals surface area contributed by atoms with E-state index >= 15 is 0 Å².